The van der Waals surface area contributed by atoms with Crippen molar-refractivity contribution in [3.8, 4) is 5.75 Å². The Hall–Kier alpha value is -2.29. The Morgan fingerprint density at radius 2 is 1.76 bits per heavy atom. The average molecular weight is 510 g/mol. The van der Waals surface area contributed by atoms with Crippen LogP contribution in [0.25, 0.3) is 0 Å². The van der Waals surface area contributed by atoms with E-state index >= 15 is 0 Å². The van der Waals surface area contributed by atoms with Gasteiger partial charge in [-0.25, -0.2) is 0 Å². The summed E-state index contributed by atoms with van der Waals surface area (Å²) in [6, 6.07) is 15.4. The highest BCUT2D eigenvalue weighted by Crippen LogP contribution is 2.20. The summed E-state index contributed by atoms with van der Waals surface area (Å²) in [5.41, 5.74) is 3.02. The first-order valence-corrected chi connectivity index (χ1v) is 9.63. The zero-order valence-electron chi connectivity index (χ0n) is 17.3. The minimum atomic E-state index is -0.0733. The van der Waals surface area contributed by atoms with E-state index < -0.39 is 0 Å². The predicted molar refractivity (Wildman–Crippen MR) is 130 cm³/mol. The largest absolute Gasteiger partial charge is 0.496 e. The number of carbonyl (C=O) groups excluding carboxylic acids is 1. The number of guanidine groups is 1. The van der Waals surface area contributed by atoms with Crippen LogP contribution >= 0.6 is 24.0 Å². The number of rotatable bonds is 9. The number of hydrogen-bond donors (Lipinski definition) is 3. The molecule has 2 aromatic rings. The molecule has 0 aromatic heterocycles. The summed E-state index contributed by atoms with van der Waals surface area (Å²) in [4.78, 5) is 16.7. The van der Waals surface area contributed by atoms with Gasteiger partial charge in [-0.1, -0.05) is 35.9 Å². The maximum absolute atomic E-state index is 12.0. The number of halogens is 1. The van der Waals surface area contributed by atoms with Crippen molar-refractivity contribution in [2.24, 2.45) is 4.99 Å². The van der Waals surface area contributed by atoms with Gasteiger partial charge in [0.25, 0.3) is 5.91 Å². The van der Waals surface area contributed by atoms with Gasteiger partial charge in [0, 0.05) is 31.7 Å². The van der Waals surface area contributed by atoms with E-state index in [0.717, 1.165) is 30.2 Å². The van der Waals surface area contributed by atoms with Crippen LogP contribution in [0, 0.1) is 6.92 Å². The van der Waals surface area contributed by atoms with Gasteiger partial charge in [0.05, 0.1) is 7.11 Å². The molecule has 0 aliphatic rings. The number of methoxy groups -OCH3 is 1. The molecule has 0 atom stereocenters. The molecule has 29 heavy (non-hydrogen) atoms. The first kappa shape index (κ1) is 24.7. The molecule has 2 rings (SSSR count). The lowest BCUT2D eigenvalue weighted by atomic mass is 10.1. The monoisotopic (exact) mass is 510 g/mol. The van der Waals surface area contributed by atoms with Gasteiger partial charge in [-0.3, -0.25) is 9.79 Å². The molecule has 6 nitrogen and oxygen atoms in total. The normalized spacial score (nSPS) is 10.7. The minimum absolute atomic E-state index is 0. The summed E-state index contributed by atoms with van der Waals surface area (Å²) >= 11 is 0. The lowest BCUT2D eigenvalue weighted by Gasteiger charge is -2.12. The minimum Gasteiger partial charge on any atom is -0.496 e. The summed E-state index contributed by atoms with van der Waals surface area (Å²) in [7, 11) is 1.69. The van der Waals surface area contributed by atoms with Crippen LogP contribution in [0.4, 0.5) is 0 Å². The molecule has 1 amide bonds. The van der Waals surface area contributed by atoms with Gasteiger partial charge in [-0.15, -0.1) is 24.0 Å². The lowest BCUT2D eigenvalue weighted by Crippen LogP contribution is -2.41. The smallest absolute Gasteiger partial charge is 0.251 e. The third kappa shape index (κ3) is 8.72. The number of ether oxygens (including phenoxy) is 1. The molecule has 0 fully saturated rings. The summed E-state index contributed by atoms with van der Waals surface area (Å²) in [5, 5.41) is 9.37. The standard InChI is InChI=1S/C22H30N4O2.HI/c1-4-23-22(25-13-12-19-16-17(2)10-11-20(19)28-3)26-15-14-24-21(27)18-8-6-5-7-9-18;/h5-11,16H,4,12-15H2,1-3H3,(H,24,27)(H2,23,25,26);1H. The Kier molecular flexibility index (Phi) is 11.8. The lowest BCUT2D eigenvalue weighted by molar-refractivity contribution is 0.0954. The Morgan fingerprint density at radius 1 is 1.03 bits per heavy atom. The van der Waals surface area contributed by atoms with E-state index in [4.69, 9.17) is 4.74 Å². The predicted octanol–water partition coefficient (Wildman–Crippen LogP) is 3.15. The van der Waals surface area contributed by atoms with Crippen LogP contribution in [0.2, 0.25) is 0 Å². The van der Waals surface area contributed by atoms with Crippen molar-refractivity contribution in [1.29, 1.82) is 0 Å². The van der Waals surface area contributed by atoms with Gasteiger partial charge < -0.3 is 20.7 Å². The van der Waals surface area contributed by atoms with Crippen molar-refractivity contribution in [3.63, 3.8) is 0 Å². The van der Waals surface area contributed by atoms with E-state index in [-0.39, 0.29) is 29.9 Å². The second-order valence-electron chi connectivity index (χ2n) is 6.37. The fourth-order valence-corrected chi connectivity index (χ4v) is 2.78. The first-order valence-electron chi connectivity index (χ1n) is 9.63. The molecule has 158 valence electrons. The van der Waals surface area contributed by atoms with Crippen LogP contribution in [0.5, 0.6) is 5.75 Å². The number of hydrogen-bond acceptors (Lipinski definition) is 3. The molecule has 0 heterocycles. The van der Waals surface area contributed by atoms with E-state index in [1.165, 1.54) is 5.56 Å². The zero-order valence-corrected chi connectivity index (χ0v) is 19.7. The summed E-state index contributed by atoms with van der Waals surface area (Å²) in [6.45, 7) is 6.63. The zero-order chi connectivity index (χ0) is 20.2. The Labute approximate surface area is 190 Å². The molecule has 2 aromatic carbocycles. The van der Waals surface area contributed by atoms with Crippen LogP contribution in [0.3, 0.4) is 0 Å². The second kappa shape index (κ2) is 13.8. The van der Waals surface area contributed by atoms with Crippen molar-refractivity contribution in [1.82, 2.24) is 16.0 Å². The highest BCUT2D eigenvalue weighted by Gasteiger charge is 2.05. The topological polar surface area (TPSA) is 74.8 Å². The van der Waals surface area contributed by atoms with Crippen molar-refractivity contribution in [2.75, 3.05) is 33.3 Å². The van der Waals surface area contributed by atoms with Gasteiger partial charge in [0.15, 0.2) is 5.96 Å². The first-order chi connectivity index (χ1) is 13.6. The Morgan fingerprint density at radius 3 is 2.45 bits per heavy atom. The van der Waals surface area contributed by atoms with Gasteiger partial charge in [-0.2, -0.15) is 0 Å². The van der Waals surface area contributed by atoms with E-state index in [9.17, 15) is 4.79 Å². The molecule has 7 heteroatoms. The molecule has 0 saturated heterocycles. The number of nitrogens with one attached hydrogen (secondary N) is 3. The molecule has 3 N–H and O–H groups in total. The van der Waals surface area contributed by atoms with Crippen LogP contribution < -0.4 is 20.7 Å². The van der Waals surface area contributed by atoms with Crippen molar-refractivity contribution >= 4 is 35.8 Å². The third-order valence-electron chi connectivity index (χ3n) is 4.17. The number of aliphatic imine (C=N–C) groups is 1. The van der Waals surface area contributed by atoms with Gasteiger partial charge in [-0.05, 0) is 44.0 Å². The Bertz CT molecular complexity index is 782. The fraction of sp³-hybridized carbons (Fsp3) is 0.364. The molecule has 0 radical (unpaired) electrons. The summed E-state index contributed by atoms with van der Waals surface area (Å²) < 4.78 is 5.42. The third-order valence-corrected chi connectivity index (χ3v) is 4.17. The van der Waals surface area contributed by atoms with Gasteiger partial charge >= 0.3 is 0 Å². The molecule has 0 unspecified atom stereocenters. The number of carbonyl (C=O) groups is 1. The number of nitrogens with zero attached hydrogens (tertiary/aromatic N) is 1. The van der Waals surface area contributed by atoms with Crippen molar-refractivity contribution < 1.29 is 9.53 Å². The van der Waals surface area contributed by atoms with Crippen LogP contribution in [0.15, 0.2) is 53.5 Å². The summed E-state index contributed by atoms with van der Waals surface area (Å²) in [6.07, 6.45) is 0.798. The second-order valence-corrected chi connectivity index (χ2v) is 6.37. The summed E-state index contributed by atoms with van der Waals surface area (Å²) in [5.74, 6) is 1.56. The molecular formula is C22H31IN4O2. The SMILES string of the molecule is CCNC(=NCCc1cc(C)ccc1OC)NCCNC(=O)c1ccccc1.I. The number of aryl methyl sites for hydroxylation is 1. The molecular weight excluding hydrogens is 479 g/mol. The molecule has 0 bridgehead atoms. The van der Waals surface area contributed by atoms with Gasteiger partial charge in [0.1, 0.15) is 5.75 Å². The van der Waals surface area contributed by atoms with Crippen LogP contribution in [-0.2, 0) is 6.42 Å². The number of benzene rings is 2. The average Bonchev–Trinajstić information content (AvgIpc) is 2.71. The molecule has 0 saturated carbocycles. The quantitative estimate of drug-likeness (QED) is 0.210. The van der Waals surface area contributed by atoms with E-state index in [1.54, 1.807) is 19.2 Å². The van der Waals surface area contributed by atoms with Crippen molar-refractivity contribution in [3.05, 3.63) is 65.2 Å². The molecule has 0 aliphatic heterocycles. The molecule has 0 spiro atoms. The van der Waals surface area contributed by atoms with Gasteiger partial charge in [0.2, 0.25) is 0 Å². The van der Waals surface area contributed by atoms with E-state index in [0.29, 0.717) is 25.2 Å². The highest BCUT2D eigenvalue weighted by atomic mass is 127. The van der Waals surface area contributed by atoms with E-state index in [2.05, 4.69) is 33.9 Å². The maximum atomic E-state index is 12.0. The van der Waals surface area contributed by atoms with Crippen molar-refractivity contribution in [2.45, 2.75) is 20.3 Å². The van der Waals surface area contributed by atoms with E-state index in [1.807, 2.05) is 37.3 Å². The highest BCUT2D eigenvalue weighted by molar-refractivity contribution is 14.0. The van der Waals surface area contributed by atoms with Crippen LogP contribution in [-0.4, -0.2) is 45.2 Å². The molecule has 0 aliphatic carbocycles. The number of amides is 1. The van der Waals surface area contributed by atoms with Crippen LogP contribution in [0.1, 0.15) is 28.4 Å². The fourth-order valence-electron chi connectivity index (χ4n) is 2.78. The Balaban J connectivity index is 0.00000420. The maximum Gasteiger partial charge on any atom is 0.251 e.